The third-order valence-corrected chi connectivity index (χ3v) is 5.15. The Morgan fingerprint density at radius 1 is 1.04 bits per heavy atom. The van der Waals surface area contributed by atoms with Crippen molar-refractivity contribution in [1.82, 2.24) is 4.90 Å². The second-order valence-electron chi connectivity index (χ2n) is 6.90. The van der Waals surface area contributed by atoms with Gasteiger partial charge < -0.3 is 19.7 Å². The van der Waals surface area contributed by atoms with Crippen LogP contribution < -0.4 is 14.8 Å². The number of nitrogens with one attached hydrogen (secondary N) is 1. The maximum atomic E-state index is 12.9. The summed E-state index contributed by atoms with van der Waals surface area (Å²) in [5.74, 6) is 0.641. The van der Waals surface area contributed by atoms with Crippen molar-refractivity contribution in [3.05, 3.63) is 53.1 Å². The first-order valence-corrected chi connectivity index (χ1v) is 9.78. The number of benzene rings is 2. The molecule has 2 aromatic carbocycles. The van der Waals surface area contributed by atoms with E-state index < -0.39 is 6.10 Å². The van der Waals surface area contributed by atoms with E-state index >= 15 is 0 Å². The van der Waals surface area contributed by atoms with Gasteiger partial charge in [0.1, 0.15) is 6.61 Å². The van der Waals surface area contributed by atoms with Crippen LogP contribution in [0.4, 0.5) is 5.69 Å². The second kappa shape index (κ2) is 8.10. The molecule has 0 aromatic heterocycles. The van der Waals surface area contributed by atoms with Crippen molar-refractivity contribution in [2.45, 2.75) is 25.4 Å². The van der Waals surface area contributed by atoms with E-state index in [1.807, 2.05) is 17.0 Å². The SMILES string of the molecule is O=C(Nc1cc(Cl)ccc1C(=O)N1CCCCC1)C1COc2ccccc2O1. The summed E-state index contributed by atoms with van der Waals surface area (Å²) in [6.45, 7) is 1.55. The lowest BCUT2D eigenvalue weighted by Gasteiger charge is -2.28. The Morgan fingerprint density at radius 3 is 2.57 bits per heavy atom. The van der Waals surface area contributed by atoms with Gasteiger partial charge in [0.2, 0.25) is 6.10 Å². The van der Waals surface area contributed by atoms with Crippen LogP contribution >= 0.6 is 11.6 Å². The lowest BCUT2D eigenvalue weighted by atomic mass is 10.1. The van der Waals surface area contributed by atoms with Crippen LogP contribution in [0.2, 0.25) is 5.02 Å². The molecule has 1 atom stereocenters. The van der Waals surface area contributed by atoms with Crippen molar-refractivity contribution in [1.29, 1.82) is 0 Å². The summed E-state index contributed by atoms with van der Waals surface area (Å²) in [5, 5.41) is 3.24. The number of fused-ring (bicyclic) bond motifs is 1. The van der Waals surface area contributed by atoms with Crippen LogP contribution in [-0.2, 0) is 4.79 Å². The lowest BCUT2D eigenvalue weighted by molar-refractivity contribution is -0.125. The second-order valence-corrected chi connectivity index (χ2v) is 7.33. The quantitative estimate of drug-likeness (QED) is 0.852. The average Bonchev–Trinajstić information content (AvgIpc) is 2.73. The maximum absolute atomic E-state index is 12.9. The lowest BCUT2D eigenvalue weighted by Crippen LogP contribution is -2.41. The van der Waals surface area contributed by atoms with Gasteiger partial charge in [0, 0.05) is 18.1 Å². The molecule has 2 aliphatic heterocycles. The molecule has 4 rings (SSSR count). The number of rotatable bonds is 3. The molecule has 2 aliphatic rings. The van der Waals surface area contributed by atoms with Crippen molar-refractivity contribution in [2.75, 3.05) is 25.0 Å². The third-order valence-electron chi connectivity index (χ3n) is 4.91. The molecule has 1 unspecified atom stereocenters. The van der Waals surface area contributed by atoms with Gasteiger partial charge in [-0.1, -0.05) is 23.7 Å². The molecule has 0 spiro atoms. The predicted octanol–water partition coefficient (Wildman–Crippen LogP) is 3.74. The Morgan fingerprint density at radius 2 is 1.79 bits per heavy atom. The van der Waals surface area contributed by atoms with E-state index in [1.54, 1.807) is 30.3 Å². The minimum atomic E-state index is -0.813. The van der Waals surface area contributed by atoms with Crippen molar-refractivity contribution in [3.8, 4) is 11.5 Å². The summed E-state index contributed by atoms with van der Waals surface area (Å²) in [7, 11) is 0. The summed E-state index contributed by atoms with van der Waals surface area (Å²) in [6.07, 6.45) is 2.31. The fourth-order valence-electron chi connectivity index (χ4n) is 3.44. The fourth-order valence-corrected chi connectivity index (χ4v) is 3.61. The van der Waals surface area contributed by atoms with E-state index in [1.165, 1.54) is 0 Å². The van der Waals surface area contributed by atoms with Crippen molar-refractivity contribution in [2.24, 2.45) is 0 Å². The van der Waals surface area contributed by atoms with E-state index in [4.69, 9.17) is 21.1 Å². The maximum Gasteiger partial charge on any atom is 0.269 e. The summed E-state index contributed by atoms with van der Waals surface area (Å²) in [4.78, 5) is 27.5. The Bertz CT molecular complexity index is 896. The van der Waals surface area contributed by atoms with Crippen LogP contribution in [0.25, 0.3) is 0 Å². The molecule has 146 valence electrons. The number of hydrogen-bond acceptors (Lipinski definition) is 4. The van der Waals surface area contributed by atoms with Crippen LogP contribution in [0.15, 0.2) is 42.5 Å². The molecule has 28 heavy (non-hydrogen) atoms. The first-order chi connectivity index (χ1) is 13.6. The number of nitrogens with zero attached hydrogens (tertiary/aromatic N) is 1. The molecular weight excluding hydrogens is 380 g/mol. The Labute approximate surface area is 168 Å². The van der Waals surface area contributed by atoms with E-state index in [2.05, 4.69) is 5.32 Å². The molecular formula is C21H21ClN2O4. The average molecular weight is 401 g/mol. The van der Waals surface area contributed by atoms with E-state index in [0.717, 1.165) is 32.4 Å². The molecule has 1 fully saturated rings. The van der Waals surface area contributed by atoms with Crippen molar-refractivity contribution < 1.29 is 19.1 Å². The van der Waals surface area contributed by atoms with Gasteiger partial charge in [0.15, 0.2) is 11.5 Å². The van der Waals surface area contributed by atoms with Crippen molar-refractivity contribution >= 4 is 29.1 Å². The predicted molar refractivity (Wildman–Crippen MR) is 106 cm³/mol. The van der Waals surface area contributed by atoms with Gasteiger partial charge >= 0.3 is 0 Å². The number of anilines is 1. The zero-order valence-electron chi connectivity index (χ0n) is 15.3. The Balaban J connectivity index is 1.52. The monoisotopic (exact) mass is 400 g/mol. The van der Waals surface area contributed by atoms with Gasteiger partial charge in [0.25, 0.3) is 11.8 Å². The van der Waals surface area contributed by atoms with Gasteiger partial charge in [-0.25, -0.2) is 0 Å². The molecule has 6 nitrogen and oxygen atoms in total. The molecule has 2 amide bonds. The smallest absolute Gasteiger partial charge is 0.269 e. The highest BCUT2D eigenvalue weighted by Crippen LogP contribution is 2.31. The van der Waals surface area contributed by atoms with Gasteiger partial charge in [-0.2, -0.15) is 0 Å². The molecule has 7 heteroatoms. The summed E-state index contributed by atoms with van der Waals surface area (Å²) >= 11 is 6.11. The van der Waals surface area contributed by atoms with Crippen LogP contribution in [-0.4, -0.2) is 42.5 Å². The summed E-state index contributed by atoms with van der Waals surface area (Å²) < 4.78 is 11.4. The van der Waals surface area contributed by atoms with E-state index in [9.17, 15) is 9.59 Å². The highest BCUT2D eigenvalue weighted by molar-refractivity contribution is 6.31. The topological polar surface area (TPSA) is 67.9 Å². The standard InChI is InChI=1S/C21H21ClN2O4/c22-14-8-9-15(21(26)24-10-4-1-5-11-24)16(12-14)23-20(25)19-13-27-17-6-2-3-7-18(17)28-19/h2-3,6-9,12,19H,1,4-5,10-11,13H2,(H,23,25). The molecule has 2 heterocycles. The zero-order chi connectivity index (χ0) is 19.5. The van der Waals surface area contributed by atoms with Gasteiger partial charge in [-0.3, -0.25) is 9.59 Å². The molecule has 0 bridgehead atoms. The van der Waals surface area contributed by atoms with Gasteiger partial charge in [0.05, 0.1) is 11.3 Å². The molecule has 0 saturated carbocycles. The zero-order valence-corrected chi connectivity index (χ0v) is 16.1. The minimum Gasteiger partial charge on any atom is -0.485 e. The number of hydrogen-bond donors (Lipinski definition) is 1. The highest BCUT2D eigenvalue weighted by Gasteiger charge is 2.29. The van der Waals surface area contributed by atoms with Gasteiger partial charge in [-0.15, -0.1) is 0 Å². The van der Waals surface area contributed by atoms with E-state index in [-0.39, 0.29) is 18.4 Å². The number of halogens is 1. The third kappa shape index (κ3) is 3.92. The highest BCUT2D eigenvalue weighted by atomic mass is 35.5. The molecule has 2 aromatic rings. The summed E-state index contributed by atoms with van der Waals surface area (Å²) in [5.41, 5.74) is 0.812. The van der Waals surface area contributed by atoms with Crippen molar-refractivity contribution in [3.63, 3.8) is 0 Å². The van der Waals surface area contributed by atoms with Crippen LogP contribution in [0, 0.1) is 0 Å². The number of ether oxygens (including phenoxy) is 2. The Kier molecular flexibility index (Phi) is 5.39. The largest absolute Gasteiger partial charge is 0.485 e. The number of likely N-dealkylation sites (tertiary alicyclic amines) is 1. The Hall–Kier alpha value is -2.73. The van der Waals surface area contributed by atoms with Gasteiger partial charge in [-0.05, 0) is 49.6 Å². The molecule has 0 aliphatic carbocycles. The molecule has 1 saturated heterocycles. The normalized spacial score (nSPS) is 18.5. The first kappa shape index (κ1) is 18.6. The van der Waals surface area contributed by atoms with Crippen LogP contribution in [0.3, 0.4) is 0 Å². The number of carbonyl (C=O) groups excluding carboxylic acids is 2. The molecule has 1 N–H and O–H groups in total. The van der Waals surface area contributed by atoms with E-state index in [0.29, 0.717) is 27.8 Å². The number of piperidine rings is 1. The minimum absolute atomic E-state index is 0.0960. The first-order valence-electron chi connectivity index (χ1n) is 9.40. The number of amides is 2. The van der Waals surface area contributed by atoms with Crippen LogP contribution in [0.1, 0.15) is 29.6 Å². The fraction of sp³-hybridized carbons (Fsp3) is 0.333. The number of carbonyl (C=O) groups is 2. The summed E-state index contributed by atoms with van der Waals surface area (Å²) in [6, 6.07) is 12.1. The molecule has 0 radical (unpaired) electrons. The number of para-hydroxylation sites is 2. The van der Waals surface area contributed by atoms with Crippen LogP contribution in [0.5, 0.6) is 11.5 Å².